The van der Waals surface area contributed by atoms with Gasteiger partial charge in [-0.05, 0) is 58.9 Å². The minimum Gasteiger partial charge on any atom is -0.330 e. The molecule has 0 bridgehead atoms. The lowest BCUT2D eigenvalue weighted by Gasteiger charge is -1.98. The zero-order valence-corrected chi connectivity index (χ0v) is 13.0. The molecule has 2 aromatic carbocycles. The Balaban J connectivity index is 0.000000173. The van der Waals surface area contributed by atoms with Gasteiger partial charge in [-0.2, -0.15) is 0 Å². The monoisotopic (exact) mass is 317 g/mol. The minimum absolute atomic E-state index is 0.411. The van der Waals surface area contributed by atoms with E-state index >= 15 is 0 Å². The molecule has 108 valence electrons. The van der Waals surface area contributed by atoms with Crippen LogP contribution in [-0.4, -0.2) is 11.8 Å². The van der Waals surface area contributed by atoms with Gasteiger partial charge in [-0.3, -0.25) is 4.79 Å². The van der Waals surface area contributed by atoms with Crippen molar-refractivity contribution in [2.75, 3.05) is 6.54 Å². The van der Waals surface area contributed by atoms with Crippen molar-refractivity contribution in [3.63, 3.8) is 0 Å². The molecule has 0 spiro atoms. The Morgan fingerprint density at radius 3 is 2.43 bits per heavy atom. The quantitative estimate of drug-likeness (QED) is 0.724. The van der Waals surface area contributed by atoms with Crippen LogP contribution in [0.3, 0.4) is 0 Å². The molecule has 0 unspecified atom stereocenters. The van der Waals surface area contributed by atoms with Crippen molar-refractivity contribution in [3.8, 4) is 0 Å². The van der Waals surface area contributed by atoms with Gasteiger partial charge in [0.1, 0.15) is 0 Å². The summed E-state index contributed by atoms with van der Waals surface area (Å²) in [6.07, 6.45) is 1.03. The van der Waals surface area contributed by atoms with Crippen LogP contribution < -0.4 is 5.73 Å². The number of benzene rings is 2. The molecule has 1 aromatic heterocycles. The lowest BCUT2D eigenvalue weighted by molar-refractivity contribution is 0.108. The molecule has 0 aliphatic carbocycles. The molecule has 0 radical (unpaired) electrons. The van der Waals surface area contributed by atoms with E-state index in [1.165, 1.54) is 4.88 Å². The highest BCUT2D eigenvalue weighted by Gasteiger charge is 2.01. The summed E-state index contributed by atoms with van der Waals surface area (Å²) in [7, 11) is 0. The van der Waals surface area contributed by atoms with Crippen LogP contribution in [0, 0.1) is 0 Å². The molecule has 0 atom stereocenters. The van der Waals surface area contributed by atoms with Gasteiger partial charge in [0.15, 0.2) is 0 Å². The van der Waals surface area contributed by atoms with E-state index in [1.54, 1.807) is 23.5 Å². The topological polar surface area (TPSA) is 43.1 Å². The number of hydrogen-bond donors (Lipinski definition) is 1. The number of fused-ring (bicyclic) bond motifs is 1. The van der Waals surface area contributed by atoms with Crippen LogP contribution in [0.2, 0.25) is 0 Å². The van der Waals surface area contributed by atoms with Gasteiger partial charge in [0, 0.05) is 10.4 Å². The number of halogens is 1. The Labute approximate surface area is 133 Å². The molecule has 3 rings (SSSR count). The number of nitrogens with two attached hydrogens (primary N) is 1. The van der Waals surface area contributed by atoms with Crippen molar-refractivity contribution < 1.29 is 4.79 Å². The Morgan fingerprint density at radius 2 is 1.81 bits per heavy atom. The number of thiophene rings is 1. The van der Waals surface area contributed by atoms with Gasteiger partial charge in [0.2, 0.25) is 0 Å². The fourth-order valence-corrected chi connectivity index (χ4v) is 2.75. The number of carbonyl (C=O) groups excluding carboxylic acids is 1. The molecule has 0 amide bonds. The first-order chi connectivity index (χ1) is 10.2. The highest BCUT2D eigenvalue weighted by Crippen LogP contribution is 2.16. The van der Waals surface area contributed by atoms with Gasteiger partial charge >= 0.3 is 0 Å². The normalized spacial score (nSPS) is 10.0. The first-order valence-corrected chi connectivity index (χ1v) is 7.87. The Bertz CT molecular complexity index is 710. The highest BCUT2D eigenvalue weighted by atomic mass is 35.5. The van der Waals surface area contributed by atoms with Crippen LogP contribution in [0.5, 0.6) is 0 Å². The Kier molecular flexibility index (Phi) is 5.93. The maximum absolute atomic E-state index is 10.9. The lowest BCUT2D eigenvalue weighted by Crippen LogP contribution is -2.00. The number of hydrogen-bond acceptors (Lipinski definition) is 3. The summed E-state index contributed by atoms with van der Waals surface area (Å²) in [4.78, 5) is 12.2. The maximum atomic E-state index is 10.9. The molecule has 0 saturated heterocycles. The largest absolute Gasteiger partial charge is 0.330 e. The molecular weight excluding hydrogens is 302 g/mol. The molecule has 0 aliphatic heterocycles. The SMILES string of the molecule is NCCc1cccs1.O=C(Cl)c1ccc2ccccc2c1. The molecule has 2 N–H and O–H groups in total. The van der Waals surface area contributed by atoms with Gasteiger partial charge in [-0.1, -0.05) is 36.4 Å². The standard InChI is InChI=1S/C11H7ClO.C6H9NS/c12-11(13)10-6-5-8-3-1-2-4-9(8)7-10;7-4-3-6-2-1-5-8-6/h1-7H;1-2,5H,3-4,7H2. The zero-order valence-electron chi connectivity index (χ0n) is 11.5. The van der Waals surface area contributed by atoms with Gasteiger partial charge in [0.05, 0.1) is 0 Å². The maximum Gasteiger partial charge on any atom is 0.252 e. The molecule has 4 heteroatoms. The molecule has 2 nitrogen and oxygen atoms in total. The second-order valence-corrected chi connectivity index (χ2v) is 5.83. The number of carbonyl (C=O) groups is 1. The summed E-state index contributed by atoms with van der Waals surface area (Å²) in [6.45, 7) is 0.764. The van der Waals surface area contributed by atoms with Crippen LogP contribution in [-0.2, 0) is 6.42 Å². The first kappa shape index (κ1) is 15.7. The van der Waals surface area contributed by atoms with Gasteiger partial charge in [-0.25, -0.2) is 0 Å². The minimum atomic E-state index is -0.411. The summed E-state index contributed by atoms with van der Waals surface area (Å²) < 4.78 is 0. The molecule has 3 aromatic rings. The zero-order chi connectivity index (χ0) is 15.1. The molecule has 0 aliphatic rings. The average Bonchev–Trinajstić information content (AvgIpc) is 3.01. The predicted molar refractivity (Wildman–Crippen MR) is 91.2 cm³/mol. The van der Waals surface area contributed by atoms with E-state index in [1.807, 2.05) is 30.3 Å². The lowest BCUT2D eigenvalue weighted by atomic mass is 10.1. The van der Waals surface area contributed by atoms with Crippen LogP contribution in [0.25, 0.3) is 10.8 Å². The van der Waals surface area contributed by atoms with E-state index < -0.39 is 5.24 Å². The molecule has 0 fully saturated rings. The van der Waals surface area contributed by atoms with Crippen molar-refractivity contribution in [1.29, 1.82) is 0 Å². The van der Waals surface area contributed by atoms with E-state index in [0.717, 1.165) is 23.7 Å². The fraction of sp³-hybridized carbons (Fsp3) is 0.118. The van der Waals surface area contributed by atoms with Crippen LogP contribution in [0.15, 0.2) is 60.0 Å². The van der Waals surface area contributed by atoms with Crippen LogP contribution in [0.4, 0.5) is 0 Å². The summed E-state index contributed by atoms with van der Waals surface area (Å²) in [6, 6.07) is 17.4. The summed E-state index contributed by atoms with van der Waals surface area (Å²) in [5.74, 6) is 0. The molecule has 0 saturated carbocycles. The Morgan fingerprint density at radius 1 is 1.05 bits per heavy atom. The van der Waals surface area contributed by atoms with Crippen molar-refractivity contribution in [3.05, 3.63) is 70.4 Å². The molecule has 21 heavy (non-hydrogen) atoms. The first-order valence-electron chi connectivity index (χ1n) is 6.62. The molecular formula is C17H16ClNOS. The second kappa shape index (κ2) is 7.93. The van der Waals surface area contributed by atoms with Crippen molar-refractivity contribution in [2.24, 2.45) is 5.73 Å². The second-order valence-electron chi connectivity index (χ2n) is 4.45. The summed E-state index contributed by atoms with van der Waals surface area (Å²) >= 11 is 7.13. The van der Waals surface area contributed by atoms with Gasteiger partial charge in [0.25, 0.3) is 5.24 Å². The van der Waals surface area contributed by atoms with E-state index in [4.69, 9.17) is 17.3 Å². The van der Waals surface area contributed by atoms with E-state index in [-0.39, 0.29) is 0 Å². The third-order valence-electron chi connectivity index (χ3n) is 2.95. The third kappa shape index (κ3) is 4.67. The van der Waals surface area contributed by atoms with E-state index in [0.29, 0.717) is 5.56 Å². The molecule has 1 heterocycles. The van der Waals surface area contributed by atoms with E-state index in [9.17, 15) is 4.79 Å². The highest BCUT2D eigenvalue weighted by molar-refractivity contribution is 7.09. The van der Waals surface area contributed by atoms with Gasteiger partial charge in [-0.15, -0.1) is 11.3 Å². The predicted octanol–water partition coefficient (Wildman–Crippen LogP) is 4.47. The number of rotatable bonds is 3. The van der Waals surface area contributed by atoms with Crippen molar-refractivity contribution >= 4 is 39.0 Å². The summed E-state index contributed by atoms with van der Waals surface area (Å²) in [5, 5.41) is 3.81. The smallest absolute Gasteiger partial charge is 0.252 e. The average molecular weight is 318 g/mol. The summed E-state index contributed by atoms with van der Waals surface area (Å²) in [5.41, 5.74) is 5.87. The van der Waals surface area contributed by atoms with Crippen molar-refractivity contribution in [1.82, 2.24) is 0 Å². The van der Waals surface area contributed by atoms with Crippen LogP contribution in [0.1, 0.15) is 15.2 Å². The Hall–Kier alpha value is -1.68. The fourth-order valence-electron chi connectivity index (χ4n) is 1.91. The third-order valence-corrected chi connectivity index (χ3v) is 4.10. The van der Waals surface area contributed by atoms with Crippen LogP contribution >= 0.6 is 22.9 Å². The van der Waals surface area contributed by atoms with Crippen molar-refractivity contribution in [2.45, 2.75) is 6.42 Å². The van der Waals surface area contributed by atoms with Gasteiger partial charge < -0.3 is 5.73 Å². The van der Waals surface area contributed by atoms with E-state index in [2.05, 4.69) is 17.5 Å².